The van der Waals surface area contributed by atoms with Crippen molar-refractivity contribution in [2.75, 3.05) is 5.32 Å². The Kier molecular flexibility index (Phi) is 2.64. The third-order valence-electron chi connectivity index (χ3n) is 3.85. The second-order valence-electron chi connectivity index (χ2n) is 5.80. The molecule has 1 saturated carbocycles. The first-order valence-corrected chi connectivity index (χ1v) is 6.38. The number of benzene rings is 1. The molecule has 0 spiro atoms. The molecule has 3 rings (SSSR count). The Hall–Kier alpha value is -2.24. The predicted octanol–water partition coefficient (Wildman–Crippen LogP) is 3.49. The molecule has 1 atom stereocenters. The van der Waals surface area contributed by atoms with Crippen LogP contribution in [-0.4, -0.2) is 15.9 Å². The lowest BCUT2D eigenvalue weighted by Gasteiger charge is -2.12. The molecule has 1 heterocycles. The van der Waals surface area contributed by atoms with E-state index >= 15 is 0 Å². The molecule has 2 aromatic rings. The highest BCUT2D eigenvalue weighted by atomic mass is 19.1. The number of aromatic nitrogens is 1. The van der Waals surface area contributed by atoms with Crippen LogP contribution in [0.3, 0.4) is 0 Å². The molecule has 20 heavy (non-hydrogen) atoms. The van der Waals surface area contributed by atoms with Crippen molar-refractivity contribution >= 4 is 22.3 Å². The minimum atomic E-state index is -0.634. The van der Waals surface area contributed by atoms with Gasteiger partial charge in [0.05, 0.1) is 22.1 Å². The summed E-state index contributed by atoms with van der Waals surface area (Å²) < 4.78 is 14.2. The molecule has 6 heteroatoms. The fraction of sp³-hybridized carbons (Fsp3) is 0.357. The number of halogens is 1. The highest BCUT2D eigenvalue weighted by molar-refractivity contribution is 5.97. The average Bonchev–Trinajstić information content (AvgIpc) is 2.99. The van der Waals surface area contributed by atoms with Gasteiger partial charge in [0.15, 0.2) is 5.82 Å². The Balaban J connectivity index is 2.15. The van der Waals surface area contributed by atoms with E-state index in [9.17, 15) is 14.5 Å². The van der Waals surface area contributed by atoms with Crippen LogP contribution in [-0.2, 0) is 0 Å². The number of nitro groups is 1. The zero-order valence-corrected chi connectivity index (χ0v) is 11.2. The molecule has 0 bridgehead atoms. The maximum atomic E-state index is 14.2. The molecule has 0 amide bonds. The Morgan fingerprint density at radius 3 is 2.85 bits per heavy atom. The number of nitro benzene ring substituents is 1. The lowest BCUT2D eigenvalue weighted by atomic mass is 10.1. The maximum Gasteiger partial charge on any atom is 0.281 e. The fourth-order valence-corrected chi connectivity index (χ4v) is 2.37. The monoisotopic (exact) mass is 275 g/mol. The third-order valence-corrected chi connectivity index (χ3v) is 3.85. The molecule has 5 nitrogen and oxygen atoms in total. The number of hydrogen-bond donors (Lipinski definition) is 1. The van der Waals surface area contributed by atoms with Gasteiger partial charge in [0.25, 0.3) is 5.69 Å². The second-order valence-corrected chi connectivity index (χ2v) is 5.80. The molecule has 1 aliphatic rings. The Bertz CT molecular complexity index is 715. The summed E-state index contributed by atoms with van der Waals surface area (Å²) >= 11 is 0. The standard InChI is InChI=1S/C14H14FN3O2/c1-14(2)7-11(14)17-13-9(15)6-10(18(19)20)8-4-3-5-16-12(8)13/h3-6,11,17H,7H2,1-2H3. The Morgan fingerprint density at radius 1 is 1.55 bits per heavy atom. The quantitative estimate of drug-likeness (QED) is 0.687. The number of nitrogens with one attached hydrogen (secondary N) is 1. The number of rotatable bonds is 3. The van der Waals surface area contributed by atoms with E-state index in [1.807, 2.05) is 0 Å². The SMILES string of the molecule is CC1(C)CC1Nc1c(F)cc([N+](=O)[O-])c2cccnc12. The van der Waals surface area contributed by atoms with Crippen LogP contribution in [0.1, 0.15) is 20.3 Å². The van der Waals surface area contributed by atoms with E-state index < -0.39 is 10.7 Å². The van der Waals surface area contributed by atoms with Gasteiger partial charge in [-0.3, -0.25) is 15.1 Å². The van der Waals surface area contributed by atoms with Gasteiger partial charge in [0, 0.05) is 12.2 Å². The fourth-order valence-electron chi connectivity index (χ4n) is 2.37. The average molecular weight is 275 g/mol. The van der Waals surface area contributed by atoms with Crippen molar-refractivity contribution < 1.29 is 9.31 Å². The summed E-state index contributed by atoms with van der Waals surface area (Å²) in [6.45, 7) is 4.17. The zero-order valence-electron chi connectivity index (χ0n) is 11.2. The van der Waals surface area contributed by atoms with Crippen LogP contribution in [0.5, 0.6) is 0 Å². The van der Waals surface area contributed by atoms with E-state index in [-0.39, 0.29) is 22.8 Å². The molecule has 1 aromatic carbocycles. The maximum absolute atomic E-state index is 14.2. The lowest BCUT2D eigenvalue weighted by Crippen LogP contribution is -2.11. The molecular formula is C14H14FN3O2. The van der Waals surface area contributed by atoms with E-state index in [1.54, 1.807) is 12.1 Å². The van der Waals surface area contributed by atoms with Gasteiger partial charge in [-0.1, -0.05) is 13.8 Å². The van der Waals surface area contributed by atoms with E-state index in [0.29, 0.717) is 10.9 Å². The first-order valence-electron chi connectivity index (χ1n) is 6.38. The number of nitrogens with zero attached hydrogens (tertiary/aromatic N) is 2. The van der Waals surface area contributed by atoms with Crippen molar-refractivity contribution in [1.29, 1.82) is 0 Å². The van der Waals surface area contributed by atoms with Gasteiger partial charge in [0.2, 0.25) is 0 Å². The second kappa shape index (κ2) is 4.13. The molecule has 1 aliphatic carbocycles. The van der Waals surface area contributed by atoms with Crippen molar-refractivity contribution in [2.24, 2.45) is 5.41 Å². The summed E-state index contributed by atoms with van der Waals surface area (Å²) in [7, 11) is 0. The molecule has 0 aliphatic heterocycles. The number of hydrogen-bond acceptors (Lipinski definition) is 4. The molecule has 104 valence electrons. The van der Waals surface area contributed by atoms with Crippen molar-refractivity contribution in [2.45, 2.75) is 26.3 Å². The van der Waals surface area contributed by atoms with E-state index in [0.717, 1.165) is 12.5 Å². The smallest absolute Gasteiger partial charge is 0.281 e. The largest absolute Gasteiger partial charge is 0.378 e. The summed E-state index contributed by atoms with van der Waals surface area (Å²) in [6.07, 6.45) is 2.45. The van der Waals surface area contributed by atoms with Gasteiger partial charge >= 0.3 is 0 Å². The van der Waals surface area contributed by atoms with Crippen molar-refractivity contribution in [1.82, 2.24) is 4.98 Å². The van der Waals surface area contributed by atoms with Crippen molar-refractivity contribution in [3.8, 4) is 0 Å². The van der Waals surface area contributed by atoms with Gasteiger partial charge in [-0.2, -0.15) is 0 Å². The van der Waals surface area contributed by atoms with Crippen LogP contribution in [0, 0.1) is 21.3 Å². The van der Waals surface area contributed by atoms with Gasteiger partial charge in [-0.15, -0.1) is 0 Å². The topological polar surface area (TPSA) is 68.1 Å². The summed E-state index contributed by atoms with van der Waals surface area (Å²) in [4.78, 5) is 14.5. The number of non-ortho nitro benzene ring substituents is 1. The van der Waals surface area contributed by atoms with Gasteiger partial charge in [0.1, 0.15) is 5.52 Å². The summed E-state index contributed by atoms with van der Waals surface area (Å²) in [5.74, 6) is -0.634. The van der Waals surface area contributed by atoms with Gasteiger partial charge < -0.3 is 5.32 Å². The highest BCUT2D eigenvalue weighted by Crippen LogP contribution is 2.47. The van der Waals surface area contributed by atoms with Crippen LogP contribution in [0.15, 0.2) is 24.4 Å². The minimum absolute atomic E-state index is 0.120. The molecule has 1 N–H and O–H groups in total. The van der Waals surface area contributed by atoms with E-state index in [1.165, 1.54) is 6.20 Å². The lowest BCUT2D eigenvalue weighted by molar-refractivity contribution is -0.383. The third kappa shape index (κ3) is 1.97. The molecule has 0 radical (unpaired) electrons. The van der Waals surface area contributed by atoms with Crippen LogP contribution < -0.4 is 5.32 Å². The first kappa shape index (κ1) is 12.8. The van der Waals surface area contributed by atoms with Gasteiger partial charge in [-0.05, 0) is 24.0 Å². The van der Waals surface area contributed by atoms with Crippen molar-refractivity contribution in [3.63, 3.8) is 0 Å². The van der Waals surface area contributed by atoms with Crippen LogP contribution >= 0.6 is 0 Å². The summed E-state index contributed by atoms with van der Waals surface area (Å²) in [5, 5.41) is 14.5. The van der Waals surface area contributed by atoms with Crippen molar-refractivity contribution in [3.05, 3.63) is 40.3 Å². The predicted molar refractivity (Wildman–Crippen MR) is 74.2 cm³/mol. The number of anilines is 1. The van der Waals surface area contributed by atoms with E-state index in [2.05, 4.69) is 24.1 Å². The molecule has 1 aromatic heterocycles. The highest BCUT2D eigenvalue weighted by Gasteiger charge is 2.46. The molecule has 0 saturated heterocycles. The summed E-state index contributed by atoms with van der Waals surface area (Å²) in [5.41, 5.74) is 0.421. The minimum Gasteiger partial charge on any atom is -0.378 e. The molecule has 1 fully saturated rings. The van der Waals surface area contributed by atoms with Gasteiger partial charge in [-0.25, -0.2) is 4.39 Å². The van der Waals surface area contributed by atoms with Crippen LogP contribution in [0.2, 0.25) is 0 Å². The number of fused-ring (bicyclic) bond motifs is 1. The molecule has 1 unspecified atom stereocenters. The summed E-state index contributed by atoms with van der Waals surface area (Å²) in [6, 6.07) is 4.33. The normalized spacial score (nSPS) is 19.9. The zero-order chi connectivity index (χ0) is 14.5. The Morgan fingerprint density at radius 2 is 2.25 bits per heavy atom. The Labute approximate surface area is 115 Å². The first-order chi connectivity index (χ1) is 9.40. The van der Waals surface area contributed by atoms with Crippen LogP contribution in [0.4, 0.5) is 15.8 Å². The molecular weight excluding hydrogens is 261 g/mol. The van der Waals surface area contributed by atoms with Crippen LogP contribution in [0.25, 0.3) is 10.9 Å². The van der Waals surface area contributed by atoms with E-state index in [4.69, 9.17) is 0 Å². The number of pyridine rings is 1.